The molecular formula is C23H30O2. The second-order valence-electron chi connectivity index (χ2n) is 7.93. The molecule has 0 amide bonds. The van der Waals surface area contributed by atoms with Crippen LogP contribution in [0.5, 0.6) is 11.5 Å². The molecule has 0 radical (unpaired) electrons. The molecule has 0 aromatic heterocycles. The molecule has 1 N–H and O–H groups in total. The number of hydrogen-bond donors (Lipinski definition) is 1. The van der Waals surface area contributed by atoms with Crippen LogP contribution < -0.4 is 4.74 Å². The molecule has 2 aromatic carbocycles. The zero-order chi connectivity index (χ0) is 17.9. The molecule has 0 atom stereocenters. The smallest absolute Gasteiger partial charge is 0.120 e. The van der Waals surface area contributed by atoms with E-state index in [1.807, 2.05) is 12.1 Å². The van der Waals surface area contributed by atoms with Gasteiger partial charge in [0.1, 0.15) is 17.1 Å². The average Bonchev–Trinajstić information content (AvgIpc) is 2.63. The average molecular weight is 338 g/mol. The van der Waals surface area contributed by atoms with Gasteiger partial charge in [-0.1, -0.05) is 50.5 Å². The Kier molecular flexibility index (Phi) is 5.08. The van der Waals surface area contributed by atoms with Crippen LogP contribution in [0.4, 0.5) is 0 Å². The third kappa shape index (κ3) is 3.84. The van der Waals surface area contributed by atoms with E-state index in [2.05, 4.69) is 57.2 Å². The fraction of sp³-hybridized carbons (Fsp3) is 0.478. The summed E-state index contributed by atoms with van der Waals surface area (Å²) in [4.78, 5) is 0. The minimum atomic E-state index is -0.138. The molecule has 0 saturated heterocycles. The van der Waals surface area contributed by atoms with Crippen molar-refractivity contribution in [1.29, 1.82) is 0 Å². The summed E-state index contributed by atoms with van der Waals surface area (Å²) >= 11 is 0. The summed E-state index contributed by atoms with van der Waals surface area (Å²) in [5.74, 6) is 1.27. The van der Waals surface area contributed by atoms with Crippen LogP contribution in [0.3, 0.4) is 0 Å². The lowest BCUT2D eigenvalue weighted by molar-refractivity contribution is 0.105. The van der Waals surface area contributed by atoms with Crippen molar-refractivity contribution in [1.82, 2.24) is 0 Å². The van der Waals surface area contributed by atoms with E-state index in [1.54, 1.807) is 0 Å². The van der Waals surface area contributed by atoms with Gasteiger partial charge in [-0.3, -0.25) is 0 Å². The minimum absolute atomic E-state index is 0.0603. The van der Waals surface area contributed by atoms with Gasteiger partial charge in [-0.2, -0.15) is 0 Å². The van der Waals surface area contributed by atoms with Gasteiger partial charge in [-0.15, -0.1) is 0 Å². The highest BCUT2D eigenvalue weighted by Crippen LogP contribution is 2.45. The van der Waals surface area contributed by atoms with Crippen molar-refractivity contribution in [2.24, 2.45) is 0 Å². The van der Waals surface area contributed by atoms with Crippen LogP contribution in [0.1, 0.15) is 70.4 Å². The molecule has 0 aliphatic heterocycles. The molecule has 2 aromatic rings. The Bertz CT molecular complexity index is 677. The van der Waals surface area contributed by atoms with Crippen molar-refractivity contribution in [2.75, 3.05) is 0 Å². The molecule has 2 nitrogen and oxygen atoms in total. The van der Waals surface area contributed by atoms with E-state index in [4.69, 9.17) is 4.74 Å². The third-order valence-electron chi connectivity index (χ3n) is 5.78. The normalized spacial score (nSPS) is 17.2. The SMILES string of the molecule is CCC(C)(C)Oc1ccc(C2(c3ccc(O)cc3)CCCCC2)cc1. The lowest BCUT2D eigenvalue weighted by Gasteiger charge is -2.39. The van der Waals surface area contributed by atoms with Crippen LogP contribution in [0.25, 0.3) is 0 Å². The Balaban J connectivity index is 1.93. The first kappa shape index (κ1) is 17.8. The molecule has 134 valence electrons. The summed E-state index contributed by atoms with van der Waals surface area (Å²) < 4.78 is 6.11. The molecule has 0 spiro atoms. The molecule has 1 aliphatic rings. The Morgan fingerprint density at radius 3 is 1.92 bits per heavy atom. The van der Waals surface area contributed by atoms with Gasteiger partial charge in [0.05, 0.1) is 0 Å². The largest absolute Gasteiger partial charge is 0.508 e. The zero-order valence-corrected chi connectivity index (χ0v) is 15.7. The fourth-order valence-corrected chi connectivity index (χ4v) is 3.91. The van der Waals surface area contributed by atoms with E-state index in [1.165, 1.54) is 43.2 Å². The van der Waals surface area contributed by atoms with Crippen molar-refractivity contribution >= 4 is 0 Å². The minimum Gasteiger partial charge on any atom is -0.508 e. The van der Waals surface area contributed by atoms with Gasteiger partial charge in [0.15, 0.2) is 0 Å². The molecule has 2 heteroatoms. The van der Waals surface area contributed by atoms with E-state index in [-0.39, 0.29) is 11.0 Å². The maximum absolute atomic E-state index is 9.66. The molecule has 0 bridgehead atoms. The molecule has 0 heterocycles. The van der Waals surface area contributed by atoms with Crippen molar-refractivity contribution < 1.29 is 9.84 Å². The van der Waals surface area contributed by atoms with E-state index < -0.39 is 0 Å². The van der Waals surface area contributed by atoms with Crippen LogP contribution in [-0.2, 0) is 5.41 Å². The van der Waals surface area contributed by atoms with Gasteiger partial charge < -0.3 is 9.84 Å². The summed E-state index contributed by atoms with van der Waals surface area (Å²) in [7, 11) is 0. The molecule has 1 aliphatic carbocycles. The van der Waals surface area contributed by atoms with Gasteiger partial charge in [0.25, 0.3) is 0 Å². The number of phenolic OH excluding ortho intramolecular Hbond substituents is 1. The monoisotopic (exact) mass is 338 g/mol. The van der Waals surface area contributed by atoms with Gasteiger partial charge in [-0.05, 0) is 68.5 Å². The van der Waals surface area contributed by atoms with Crippen LogP contribution in [-0.4, -0.2) is 10.7 Å². The Morgan fingerprint density at radius 1 is 0.880 bits per heavy atom. The summed E-state index contributed by atoms with van der Waals surface area (Å²) in [5, 5.41) is 9.66. The topological polar surface area (TPSA) is 29.5 Å². The first-order valence-corrected chi connectivity index (χ1v) is 9.54. The lowest BCUT2D eigenvalue weighted by Crippen LogP contribution is -2.30. The van der Waals surface area contributed by atoms with Gasteiger partial charge in [0.2, 0.25) is 0 Å². The van der Waals surface area contributed by atoms with Crippen molar-refractivity contribution in [2.45, 2.75) is 70.3 Å². The quantitative estimate of drug-likeness (QED) is 0.702. The van der Waals surface area contributed by atoms with E-state index in [9.17, 15) is 5.11 Å². The van der Waals surface area contributed by atoms with Crippen molar-refractivity contribution in [3.8, 4) is 11.5 Å². The molecule has 25 heavy (non-hydrogen) atoms. The van der Waals surface area contributed by atoms with E-state index in [0.29, 0.717) is 5.75 Å². The number of benzene rings is 2. The van der Waals surface area contributed by atoms with E-state index in [0.717, 1.165) is 12.2 Å². The number of aromatic hydroxyl groups is 1. The molecule has 1 saturated carbocycles. The molecule has 3 rings (SSSR count). The first-order valence-electron chi connectivity index (χ1n) is 9.54. The predicted molar refractivity (Wildman–Crippen MR) is 103 cm³/mol. The summed E-state index contributed by atoms with van der Waals surface area (Å²) in [6.07, 6.45) is 7.12. The molecule has 1 fully saturated rings. The van der Waals surface area contributed by atoms with Crippen molar-refractivity contribution in [3.05, 3.63) is 59.7 Å². The number of phenols is 1. The summed E-state index contributed by atoms with van der Waals surface area (Å²) in [6, 6.07) is 16.5. The molecular weight excluding hydrogens is 308 g/mol. The maximum atomic E-state index is 9.66. The first-order chi connectivity index (χ1) is 12.0. The zero-order valence-electron chi connectivity index (χ0n) is 15.7. The van der Waals surface area contributed by atoms with Gasteiger partial charge in [-0.25, -0.2) is 0 Å². The van der Waals surface area contributed by atoms with Crippen LogP contribution in [0, 0.1) is 0 Å². The van der Waals surface area contributed by atoms with Gasteiger partial charge in [0, 0.05) is 5.41 Å². The lowest BCUT2D eigenvalue weighted by atomic mass is 9.65. The second-order valence-corrected chi connectivity index (χ2v) is 7.93. The predicted octanol–water partition coefficient (Wildman–Crippen LogP) is 6.21. The number of ether oxygens (including phenoxy) is 1. The highest BCUT2D eigenvalue weighted by atomic mass is 16.5. The summed E-state index contributed by atoms with van der Waals surface area (Å²) in [5.41, 5.74) is 2.60. The highest BCUT2D eigenvalue weighted by Gasteiger charge is 2.35. The Hall–Kier alpha value is -1.96. The van der Waals surface area contributed by atoms with Gasteiger partial charge >= 0.3 is 0 Å². The Labute approximate surface area is 151 Å². The number of hydrogen-bond acceptors (Lipinski definition) is 2. The maximum Gasteiger partial charge on any atom is 0.120 e. The Morgan fingerprint density at radius 2 is 1.40 bits per heavy atom. The highest BCUT2D eigenvalue weighted by molar-refractivity contribution is 5.43. The van der Waals surface area contributed by atoms with Crippen LogP contribution >= 0.6 is 0 Å². The standard InChI is InChI=1S/C23H30O2/c1-4-22(2,3)25-21-14-10-19(11-15-21)23(16-6-5-7-17-23)18-8-12-20(24)13-9-18/h8-15,24H,4-7,16-17H2,1-3H3. The second kappa shape index (κ2) is 7.11. The van der Waals surface area contributed by atoms with E-state index >= 15 is 0 Å². The summed E-state index contributed by atoms with van der Waals surface area (Å²) in [6.45, 7) is 6.40. The van der Waals surface area contributed by atoms with Crippen molar-refractivity contribution in [3.63, 3.8) is 0 Å². The number of rotatable bonds is 5. The van der Waals surface area contributed by atoms with Crippen LogP contribution in [0.15, 0.2) is 48.5 Å². The molecule has 0 unspecified atom stereocenters. The van der Waals surface area contributed by atoms with Crippen LogP contribution in [0.2, 0.25) is 0 Å². The fourth-order valence-electron chi connectivity index (χ4n) is 3.91. The third-order valence-corrected chi connectivity index (χ3v) is 5.78.